The van der Waals surface area contributed by atoms with Crippen LogP contribution >= 0.6 is 0 Å². The van der Waals surface area contributed by atoms with Crippen LogP contribution in [0.1, 0.15) is 5.56 Å². The van der Waals surface area contributed by atoms with E-state index in [-0.39, 0.29) is 6.03 Å². The molecular formula is C22H15N5O2. The zero-order valence-electron chi connectivity index (χ0n) is 15.2. The maximum absolute atomic E-state index is 12.2. The lowest BCUT2D eigenvalue weighted by molar-refractivity contribution is 0.262. The lowest BCUT2D eigenvalue weighted by Crippen LogP contribution is -2.19. The van der Waals surface area contributed by atoms with Gasteiger partial charge in [-0.25, -0.2) is 4.79 Å². The molecule has 0 unspecified atom stereocenters. The third-order valence-corrected chi connectivity index (χ3v) is 4.10. The summed E-state index contributed by atoms with van der Waals surface area (Å²) < 4.78 is 5.33. The third kappa shape index (κ3) is 4.28. The van der Waals surface area contributed by atoms with Crippen molar-refractivity contribution in [3.63, 3.8) is 0 Å². The van der Waals surface area contributed by atoms with Crippen LogP contribution in [0.3, 0.4) is 0 Å². The predicted molar refractivity (Wildman–Crippen MR) is 109 cm³/mol. The highest BCUT2D eigenvalue weighted by molar-refractivity contribution is 6.00. The number of aromatic nitrogens is 2. The van der Waals surface area contributed by atoms with Gasteiger partial charge in [-0.2, -0.15) is 10.2 Å². The minimum atomic E-state index is -0.347. The van der Waals surface area contributed by atoms with Gasteiger partial charge in [0.15, 0.2) is 0 Å². The van der Waals surface area contributed by atoms with Crippen LogP contribution in [0.4, 0.5) is 16.2 Å². The molecule has 3 aromatic carbocycles. The topological polar surface area (TPSA) is 104 Å². The summed E-state index contributed by atoms with van der Waals surface area (Å²) in [6, 6.07) is 24.9. The van der Waals surface area contributed by atoms with Gasteiger partial charge in [0.05, 0.1) is 11.6 Å². The fraction of sp³-hybridized carbons (Fsp3) is 0. The molecule has 0 saturated carbocycles. The Hall–Kier alpha value is -4.44. The Labute approximate surface area is 166 Å². The summed E-state index contributed by atoms with van der Waals surface area (Å²) in [5.41, 5.74) is 3.28. The van der Waals surface area contributed by atoms with Crippen LogP contribution in [0.2, 0.25) is 0 Å². The number of amides is 2. The lowest BCUT2D eigenvalue weighted by atomic mass is 10.1. The highest BCUT2D eigenvalue weighted by atomic mass is 16.5. The molecule has 0 aliphatic heterocycles. The fourth-order valence-corrected chi connectivity index (χ4v) is 2.70. The van der Waals surface area contributed by atoms with E-state index in [1.54, 1.807) is 54.6 Å². The lowest BCUT2D eigenvalue weighted by Gasteiger charge is -2.08. The first-order valence-electron chi connectivity index (χ1n) is 8.79. The number of hydrogen-bond acceptors (Lipinski definition) is 5. The van der Waals surface area contributed by atoms with Crippen LogP contribution in [0, 0.1) is 11.3 Å². The smallest absolute Gasteiger partial charge is 0.323 e. The van der Waals surface area contributed by atoms with E-state index in [0.717, 1.165) is 5.56 Å². The number of hydrogen-bond donors (Lipinski definition) is 2. The van der Waals surface area contributed by atoms with Gasteiger partial charge >= 0.3 is 6.03 Å². The third-order valence-electron chi connectivity index (χ3n) is 4.10. The van der Waals surface area contributed by atoms with E-state index in [9.17, 15) is 4.79 Å². The number of nitriles is 1. The Kier molecular flexibility index (Phi) is 4.99. The second-order valence-electron chi connectivity index (χ2n) is 6.14. The molecule has 0 spiro atoms. The number of urea groups is 1. The van der Waals surface area contributed by atoms with Crippen molar-refractivity contribution in [2.24, 2.45) is 0 Å². The van der Waals surface area contributed by atoms with Crippen molar-refractivity contribution in [1.82, 2.24) is 10.1 Å². The molecule has 4 rings (SSSR count). The molecule has 1 heterocycles. The van der Waals surface area contributed by atoms with E-state index in [0.29, 0.717) is 34.2 Å². The molecule has 0 bridgehead atoms. The molecule has 0 fully saturated rings. The molecule has 2 amide bonds. The van der Waals surface area contributed by atoms with Crippen LogP contribution in [0.5, 0.6) is 0 Å². The van der Waals surface area contributed by atoms with Crippen molar-refractivity contribution in [2.75, 3.05) is 10.6 Å². The number of para-hydroxylation sites is 1. The monoisotopic (exact) mass is 381 g/mol. The Morgan fingerprint density at radius 1 is 0.862 bits per heavy atom. The fourth-order valence-electron chi connectivity index (χ4n) is 2.70. The van der Waals surface area contributed by atoms with Gasteiger partial charge in [0.2, 0.25) is 5.82 Å². The van der Waals surface area contributed by atoms with Crippen LogP contribution in [0.15, 0.2) is 83.4 Å². The minimum Gasteiger partial charge on any atom is -0.334 e. The first kappa shape index (κ1) is 17.9. The van der Waals surface area contributed by atoms with Crippen molar-refractivity contribution >= 4 is 17.4 Å². The Morgan fingerprint density at radius 3 is 2.34 bits per heavy atom. The molecule has 29 heavy (non-hydrogen) atoms. The van der Waals surface area contributed by atoms with Crippen molar-refractivity contribution in [3.05, 3.63) is 84.4 Å². The molecule has 0 aliphatic rings. The Morgan fingerprint density at radius 2 is 1.59 bits per heavy atom. The maximum atomic E-state index is 12.2. The Bertz CT molecular complexity index is 1180. The normalized spacial score (nSPS) is 10.2. The molecule has 0 radical (unpaired) electrons. The zero-order chi connectivity index (χ0) is 20.1. The molecule has 4 aromatic rings. The van der Waals surface area contributed by atoms with Gasteiger partial charge in [-0.1, -0.05) is 35.5 Å². The van der Waals surface area contributed by atoms with E-state index >= 15 is 0 Å². The maximum Gasteiger partial charge on any atom is 0.323 e. The first-order chi connectivity index (χ1) is 14.2. The SMILES string of the molecule is N#Cc1ccc(-c2nc(-c3cccc(NC(=O)Nc4ccccc4)c3)no2)cc1. The second kappa shape index (κ2) is 8.06. The van der Waals surface area contributed by atoms with Gasteiger partial charge in [0, 0.05) is 22.5 Å². The van der Waals surface area contributed by atoms with Crippen molar-refractivity contribution in [2.45, 2.75) is 0 Å². The van der Waals surface area contributed by atoms with E-state index in [1.807, 2.05) is 24.3 Å². The number of carbonyl (C=O) groups excluding carboxylic acids is 1. The highest BCUT2D eigenvalue weighted by Gasteiger charge is 2.12. The Balaban J connectivity index is 1.49. The largest absolute Gasteiger partial charge is 0.334 e. The van der Waals surface area contributed by atoms with Gasteiger partial charge in [-0.05, 0) is 48.5 Å². The van der Waals surface area contributed by atoms with Crippen LogP contribution < -0.4 is 10.6 Å². The zero-order valence-corrected chi connectivity index (χ0v) is 15.2. The first-order valence-corrected chi connectivity index (χ1v) is 8.79. The minimum absolute atomic E-state index is 0.347. The van der Waals surface area contributed by atoms with E-state index in [1.165, 1.54) is 0 Å². The molecule has 7 heteroatoms. The standard InChI is InChI=1S/C22H15N5O2/c23-14-15-9-11-16(12-10-15)21-26-20(27-29-21)17-5-4-8-19(13-17)25-22(28)24-18-6-2-1-3-7-18/h1-13H,(H2,24,25,28). The molecule has 0 saturated heterocycles. The van der Waals surface area contributed by atoms with Crippen molar-refractivity contribution in [3.8, 4) is 28.9 Å². The summed E-state index contributed by atoms with van der Waals surface area (Å²) in [6.45, 7) is 0. The van der Waals surface area contributed by atoms with Crippen molar-refractivity contribution < 1.29 is 9.32 Å². The molecular weight excluding hydrogens is 366 g/mol. The van der Waals surface area contributed by atoms with Crippen LogP contribution in [0.25, 0.3) is 22.8 Å². The number of anilines is 2. The molecule has 1 aromatic heterocycles. The van der Waals surface area contributed by atoms with Crippen molar-refractivity contribution in [1.29, 1.82) is 5.26 Å². The van der Waals surface area contributed by atoms with Gasteiger partial charge in [-0.3, -0.25) is 0 Å². The summed E-state index contributed by atoms with van der Waals surface area (Å²) >= 11 is 0. The second-order valence-corrected chi connectivity index (χ2v) is 6.14. The summed E-state index contributed by atoms with van der Waals surface area (Å²) in [5.74, 6) is 0.751. The van der Waals surface area contributed by atoms with Gasteiger partial charge in [0.25, 0.3) is 5.89 Å². The number of nitrogens with one attached hydrogen (secondary N) is 2. The van der Waals surface area contributed by atoms with Gasteiger partial charge in [0.1, 0.15) is 0 Å². The predicted octanol–water partition coefficient (Wildman–Crippen LogP) is 4.92. The van der Waals surface area contributed by atoms with Gasteiger partial charge < -0.3 is 15.2 Å². The summed E-state index contributed by atoms with van der Waals surface area (Å²) in [4.78, 5) is 16.6. The highest BCUT2D eigenvalue weighted by Crippen LogP contribution is 2.24. The average molecular weight is 381 g/mol. The van der Waals surface area contributed by atoms with Gasteiger partial charge in [-0.15, -0.1) is 0 Å². The quantitative estimate of drug-likeness (QED) is 0.522. The summed E-state index contributed by atoms with van der Waals surface area (Å²) in [6.07, 6.45) is 0. The van der Waals surface area contributed by atoms with E-state index in [4.69, 9.17) is 9.78 Å². The summed E-state index contributed by atoms with van der Waals surface area (Å²) in [7, 11) is 0. The summed E-state index contributed by atoms with van der Waals surface area (Å²) in [5, 5.41) is 18.4. The molecule has 0 atom stereocenters. The number of benzene rings is 3. The molecule has 0 aliphatic carbocycles. The van der Waals surface area contributed by atoms with Crippen LogP contribution in [-0.4, -0.2) is 16.2 Å². The van der Waals surface area contributed by atoms with E-state index in [2.05, 4.69) is 26.8 Å². The molecule has 7 nitrogen and oxygen atoms in total. The van der Waals surface area contributed by atoms with E-state index < -0.39 is 0 Å². The number of nitrogens with zero attached hydrogens (tertiary/aromatic N) is 3. The van der Waals surface area contributed by atoms with Crippen LogP contribution in [-0.2, 0) is 0 Å². The average Bonchev–Trinajstić information content (AvgIpc) is 3.25. The molecule has 140 valence electrons. The number of rotatable bonds is 4. The number of carbonyl (C=O) groups is 1. The molecule has 2 N–H and O–H groups in total.